The maximum absolute atomic E-state index is 12.7. The number of amides is 1. The summed E-state index contributed by atoms with van der Waals surface area (Å²) in [5.41, 5.74) is 4.51. The molecular weight excluding hydrogens is 503 g/mol. The van der Waals surface area contributed by atoms with Crippen molar-refractivity contribution in [2.45, 2.75) is 6.92 Å². The number of hydrogen-bond acceptors (Lipinski definition) is 2. The first kappa shape index (κ1) is 20.5. The van der Waals surface area contributed by atoms with Gasteiger partial charge in [-0.25, -0.2) is 0 Å². The number of halogens is 1. The molecule has 30 heavy (non-hydrogen) atoms. The molecule has 0 aliphatic heterocycles. The normalized spacial score (nSPS) is 10.6. The molecule has 5 heteroatoms. The number of anilines is 1. The van der Waals surface area contributed by atoms with Crippen LogP contribution in [0.25, 0.3) is 11.1 Å². The van der Waals surface area contributed by atoms with Crippen molar-refractivity contribution in [3.05, 3.63) is 107 Å². The third-order valence-electron chi connectivity index (χ3n) is 4.55. The van der Waals surface area contributed by atoms with E-state index in [9.17, 15) is 4.79 Å². The monoisotopic (exact) mass is 522 g/mol. The summed E-state index contributed by atoms with van der Waals surface area (Å²) in [6.07, 6.45) is 1.62. The molecule has 3 aromatic carbocycles. The van der Waals surface area contributed by atoms with E-state index in [1.165, 1.54) is 14.5 Å². The van der Waals surface area contributed by atoms with Crippen LogP contribution in [-0.4, -0.2) is 25.8 Å². The number of benzene rings is 3. The zero-order valence-electron chi connectivity index (χ0n) is 16.3. The molecule has 0 aliphatic carbocycles. The first-order chi connectivity index (χ1) is 14.6. The molecule has 0 atom stereocenters. The number of nitrogens with one attached hydrogen (secondary N) is 1. The Balaban J connectivity index is 1.73. The number of hydrogen-bond donors (Lipinski definition) is 1. The van der Waals surface area contributed by atoms with Gasteiger partial charge in [-0.2, -0.15) is 0 Å². The molecule has 148 valence electrons. The van der Waals surface area contributed by atoms with Gasteiger partial charge >= 0.3 is 191 Å². The Bertz CT molecular complexity index is 1190. The van der Waals surface area contributed by atoms with E-state index >= 15 is 0 Å². The molecule has 0 aliphatic rings. The van der Waals surface area contributed by atoms with E-state index in [4.69, 9.17) is 0 Å². The van der Waals surface area contributed by atoms with Crippen LogP contribution >= 0.6 is 15.9 Å². The standard InChI is InChI=1S/C25H19BrN2OSe/c1-17-13-14-23(30-24-12-5-3-9-20(24)26)19(16-17)18-8-2-4-10-21(18)28-25(29)22-11-6-7-15-27-22/h2-16H,1H3,(H,28,29). The number of nitrogens with zero attached hydrogens (tertiary/aromatic N) is 1. The van der Waals surface area contributed by atoms with Gasteiger partial charge in [-0.15, -0.1) is 0 Å². The van der Waals surface area contributed by atoms with Crippen LogP contribution in [0.15, 0.2) is 95.6 Å². The van der Waals surface area contributed by atoms with Gasteiger partial charge in [0.25, 0.3) is 0 Å². The third-order valence-corrected chi connectivity index (χ3v) is 8.25. The van der Waals surface area contributed by atoms with E-state index in [-0.39, 0.29) is 20.9 Å². The van der Waals surface area contributed by atoms with Crippen molar-refractivity contribution < 1.29 is 4.79 Å². The second kappa shape index (κ2) is 9.39. The van der Waals surface area contributed by atoms with Crippen LogP contribution in [-0.2, 0) is 0 Å². The molecule has 1 N–H and O–H groups in total. The molecular formula is C25H19BrN2OSe. The van der Waals surface area contributed by atoms with Gasteiger partial charge in [0.15, 0.2) is 0 Å². The van der Waals surface area contributed by atoms with Gasteiger partial charge in [0.1, 0.15) is 0 Å². The Morgan fingerprint density at radius 1 is 0.867 bits per heavy atom. The zero-order chi connectivity index (χ0) is 20.9. The summed E-state index contributed by atoms with van der Waals surface area (Å²) in [5.74, 6) is -0.214. The fourth-order valence-electron chi connectivity index (χ4n) is 3.10. The minimum atomic E-state index is -0.214. The molecule has 4 rings (SSSR count). The van der Waals surface area contributed by atoms with E-state index in [0.29, 0.717) is 5.69 Å². The number of para-hydroxylation sites is 1. The maximum atomic E-state index is 12.7. The number of carbonyl (C=O) groups is 1. The van der Waals surface area contributed by atoms with Crippen molar-refractivity contribution in [1.29, 1.82) is 0 Å². The first-order valence-corrected chi connectivity index (χ1v) is 12.0. The summed E-state index contributed by atoms with van der Waals surface area (Å²) in [6, 6.07) is 28.1. The molecule has 0 spiro atoms. The second-order valence-corrected chi connectivity index (χ2v) is 9.87. The van der Waals surface area contributed by atoms with Crippen molar-refractivity contribution in [1.82, 2.24) is 4.98 Å². The minimum absolute atomic E-state index is 0.112. The number of aryl methyl sites for hydroxylation is 1. The van der Waals surface area contributed by atoms with Gasteiger partial charge in [0.05, 0.1) is 0 Å². The van der Waals surface area contributed by atoms with E-state index in [0.717, 1.165) is 21.3 Å². The Labute approximate surface area is 190 Å². The average molecular weight is 522 g/mol. The van der Waals surface area contributed by atoms with Gasteiger partial charge in [-0.3, -0.25) is 0 Å². The van der Waals surface area contributed by atoms with Crippen LogP contribution in [0.3, 0.4) is 0 Å². The molecule has 0 bridgehead atoms. The van der Waals surface area contributed by atoms with Gasteiger partial charge in [0, 0.05) is 0 Å². The predicted molar refractivity (Wildman–Crippen MR) is 128 cm³/mol. The van der Waals surface area contributed by atoms with Crippen molar-refractivity contribution in [3.8, 4) is 11.1 Å². The molecule has 0 saturated heterocycles. The van der Waals surface area contributed by atoms with Crippen LogP contribution in [0, 0.1) is 6.92 Å². The molecule has 3 nitrogen and oxygen atoms in total. The van der Waals surface area contributed by atoms with Crippen molar-refractivity contribution in [3.63, 3.8) is 0 Å². The molecule has 1 aromatic heterocycles. The number of aromatic nitrogens is 1. The third kappa shape index (κ3) is 4.70. The van der Waals surface area contributed by atoms with Crippen molar-refractivity contribution in [2.24, 2.45) is 0 Å². The number of carbonyl (C=O) groups excluding carboxylic acids is 1. The second-order valence-electron chi connectivity index (χ2n) is 6.75. The molecule has 0 unspecified atom stereocenters. The summed E-state index contributed by atoms with van der Waals surface area (Å²) >= 11 is 3.79. The van der Waals surface area contributed by atoms with Gasteiger partial charge < -0.3 is 0 Å². The zero-order valence-corrected chi connectivity index (χ0v) is 19.6. The summed E-state index contributed by atoms with van der Waals surface area (Å²) < 4.78 is 3.66. The van der Waals surface area contributed by atoms with Crippen LogP contribution in [0.1, 0.15) is 16.1 Å². The van der Waals surface area contributed by atoms with Crippen LogP contribution < -0.4 is 14.2 Å². The van der Waals surface area contributed by atoms with Crippen LogP contribution in [0.4, 0.5) is 5.69 Å². The molecule has 1 heterocycles. The van der Waals surface area contributed by atoms with E-state index < -0.39 is 0 Å². The summed E-state index contributed by atoms with van der Waals surface area (Å²) in [4.78, 5) is 16.9. The molecule has 1 amide bonds. The SMILES string of the molecule is Cc1ccc([Se]c2ccccc2Br)c(-c2ccccc2NC(=O)c2ccccn2)c1. The van der Waals surface area contributed by atoms with Crippen LogP contribution in [0.2, 0.25) is 0 Å². The first-order valence-electron chi connectivity index (χ1n) is 9.46. The molecule has 0 radical (unpaired) electrons. The fraction of sp³-hybridized carbons (Fsp3) is 0.0400. The van der Waals surface area contributed by atoms with Gasteiger partial charge in [0.2, 0.25) is 0 Å². The van der Waals surface area contributed by atoms with Gasteiger partial charge in [-0.05, 0) is 0 Å². The predicted octanol–water partition coefficient (Wildman–Crippen LogP) is 4.73. The van der Waals surface area contributed by atoms with E-state index in [2.05, 4.69) is 75.6 Å². The van der Waals surface area contributed by atoms with Crippen molar-refractivity contribution >= 4 is 51.4 Å². The Kier molecular flexibility index (Phi) is 6.43. The molecule has 4 aromatic rings. The topological polar surface area (TPSA) is 42.0 Å². The van der Waals surface area contributed by atoms with E-state index in [1.54, 1.807) is 18.3 Å². The average Bonchev–Trinajstić information content (AvgIpc) is 2.77. The molecule has 0 saturated carbocycles. The Morgan fingerprint density at radius 2 is 1.63 bits per heavy atom. The summed E-state index contributed by atoms with van der Waals surface area (Å²) in [6.45, 7) is 2.09. The molecule has 0 fully saturated rings. The Morgan fingerprint density at radius 3 is 2.43 bits per heavy atom. The van der Waals surface area contributed by atoms with Gasteiger partial charge in [-0.1, -0.05) is 0 Å². The number of pyridine rings is 1. The Hall–Kier alpha value is -2.72. The summed E-state index contributed by atoms with van der Waals surface area (Å²) in [7, 11) is 0. The van der Waals surface area contributed by atoms with Crippen molar-refractivity contribution in [2.75, 3.05) is 5.32 Å². The summed E-state index contributed by atoms with van der Waals surface area (Å²) in [5, 5.41) is 3.04. The van der Waals surface area contributed by atoms with E-state index in [1.807, 2.05) is 30.3 Å². The van der Waals surface area contributed by atoms with Crippen LogP contribution in [0.5, 0.6) is 0 Å². The quantitative estimate of drug-likeness (QED) is 0.386. The fourth-order valence-corrected chi connectivity index (χ4v) is 5.83. The number of rotatable bonds is 5.